The minimum atomic E-state index is -0.956. The van der Waals surface area contributed by atoms with Crippen LogP contribution < -0.4 is 10.6 Å². The van der Waals surface area contributed by atoms with Gasteiger partial charge in [0.1, 0.15) is 5.65 Å². The Kier molecular flexibility index (Phi) is 3.97. The number of anilines is 3. The molecule has 7 heteroatoms. The van der Waals surface area contributed by atoms with Crippen LogP contribution in [0.15, 0.2) is 54.7 Å². The Balaban J connectivity index is 1.67. The quantitative estimate of drug-likeness (QED) is 0.438. The van der Waals surface area contributed by atoms with Crippen molar-refractivity contribution in [1.82, 2.24) is 9.97 Å². The Morgan fingerprint density at radius 3 is 2.41 bits per heavy atom. The summed E-state index contributed by atoms with van der Waals surface area (Å²) >= 11 is 0. The number of aromatic amines is 1. The predicted octanol–water partition coefficient (Wildman–Crippen LogP) is 4.12. The van der Waals surface area contributed by atoms with Gasteiger partial charge in [0.25, 0.3) is 0 Å². The van der Waals surface area contributed by atoms with Gasteiger partial charge in [-0.3, -0.25) is 4.79 Å². The average molecular weight is 360 g/mol. The van der Waals surface area contributed by atoms with E-state index < -0.39 is 5.97 Å². The fourth-order valence-electron chi connectivity index (χ4n) is 2.99. The third-order valence-electron chi connectivity index (χ3n) is 4.19. The van der Waals surface area contributed by atoms with Crippen LogP contribution in [0.5, 0.6) is 0 Å². The van der Waals surface area contributed by atoms with E-state index in [-0.39, 0.29) is 11.5 Å². The van der Waals surface area contributed by atoms with Crippen molar-refractivity contribution in [2.45, 2.75) is 6.92 Å². The standard InChI is InChI=1S/C20H16N4O3/c1-11(25)22-14-6-7-16-17-8-15(10-21-19(17)24-18(16)9-14)23-13-4-2-12(3-5-13)20(26)27/h2-10,23H,1H3,(H,21,24)(H,22,25)(H,26,27). The van der Waals surface area contributed by atoms with Gasteiger partial charge in [-0.25, -0.2) is 9.78 Å². The van der Waals surface area contributed by atoms with E-state index in [1.54, 1.807) is 30.5 Å². The van der Waals surface area contributed by atoms with Gasteiger partial charge in [0.05, 0.1) is 17.4 Å². The molecular formula is C20H16N4O3. The molecule has 27 heavy (non-hydrogen) atoms. The highest BCUT2D eigenvalue weighted by Crippen LogP contribution is 2.29. The molecule has 7 nitrogen and oxygen atoms in total. The number of nitrogens with one attached hydrogen (secondary N) is 3. The molecule has 0 fully saturated rings. The van der Waals surface area contributed by atoms with E-state index in [1.807, 2.05) is 24.3 Å². The topological polar surface area (TPSA) is 107 Å². The molecule has 134 valence electrons. The third-order valence-corrected chi connectivity index (χ3v) is 4.19. The number of H-pyrrole nitrogens is 1. The summed E-state index contributed by atoms with van der Waals surface area (Å²) in [6, 6.07) is 14.2. The Morgan fingerprint density at radius 1 is 0.963 bits per heavy atom. The number of amides is 1. The summed E-state index contributed by atoms with van der Waals surface area (Å²) in [4.78, 5) is 29.9. The molecule has 0 aliphatic rings. The number of hydrogen-bond donors (Lipinski definition) is 4. The fourth-order valence-corrected chi connectivity index (χ4v) is 2.99. The second-order valence-corrected chi connectivity index (χ2v) is 6.19. The van der Waals surface area contributed by atoms with Gasteiger partial charge in [0.2, 0.25) is 5.91 Å². The second kappa shape index (κ2) is 6.45. The Morgan fingerprint density at radius 2 is 1.70 bits per heavy atom. The van der Waals surface area contributed by atoms with E-state index >= 15 is 0 Å². The zero-order chi connectivity index (χ0) is 19.0. The predicted molar refractivity (Wildman–Crippen MR) is 105 cm³/mol. The Hall–Kier alpha value is -3.87. The van der Waals surface area contributed by atoms with Crippen molar-refractivity contribution < 1.29 is 14.7 Å². The molecule has 0 saturated carbocycles. The molecule has 0 unspecified atom stereocenters. The van der Waals surface area contributed by atoms with E-state index in [9.17, 15) is 9.59 Å². The summed E-state index contributed by atoms with van der Waals surface area (Å²) in [5.74, 6) is -1.08. The van der Waals surface area contributed by atoms with Crippen molar-refractivity contribution in [3.8, 4) is 0 Å². The molecule has 0 aliphatic heterocycles. The molecule has 0 saturated heterocycles. The number of rotatable bonds is 4. The van der Waals surface area contributed by atoms with Gasteiger partial charge in [0, 0.05) is 34.6 Å². The Bertz CT molecular complexity index is 1180. The number of carboxylic acid groups (broad SMARTS) is 1. The van der Waals surface area contributed by atoms with Gasteiger partial charge in [-0.15, -0.1) is 0 Å². The number of carbonyl (C=O) groups excluding carboxylic acids is 1. The molecule has 2 heterocycles. The summed E-state index contributed by atoms with van der Waals surface area (Å²) in [6.45, 7) is 1.47. The van der Waals surface area contributed by atoms with Crippen molar-refractivity contribution >= 4 is 50.9 Å². The minimum absolute atomic E-state index is 0.121. The molecule has 0 spiro atoms. The monoisotopic (exact) mass is 360 g/mol. The fraction of sp³-hybridized carbons (Fsp3) is 0.0500. The van der Waals surface area contributed by atoms with E-state index in [4.69, 9.17) is 5.11 Å². The number of aromatic carboxylic acids is 1. The van der Waals surface area contributed by atoms with E-state index in [1.165, 1.54) is 6.92 Å². The van der Waals surface area contributed by atoms with Gasteiger partial charge in [-0.1, -0.05) is 6.07 Å². The number of hydrogen-bond acceptors (Lipinski definition) is 4. The number of benzene rings is 2. The molecule has 1 amide bonds. The summed E-state index contributed by atoms with van der Waals surface area (Å²) < 4.78 is 0. The molecule has 2 aromatic carbocycles. The highest BCUT2D eigenvalue weighted by atomic mass is 16.4. The summed E-state index contributed by atoms with van der Waals surface area (Å²) in [6.07, 6.45) is 1.71. The van der Waals surface area contributed by atoms with Crippen LogP contribution in [0.1, 0.15) is 17.3 Å². The molecular weight excluding hydrogens is 344 g/mol. The van der Waals surface area contributed by atoms with Crippen LogP contribution in [0, 0.1) is 0 Å². The molecule has 2 aromatic heterocycles. The van der Waals surface area contributed by atoms with Gasteiger partial charge in [0.15, 0.2) is 0 Å². The van der Waals surface area contributed by atoms with E-state index in [0.717, 1.165) is 39.0 Å². The first kappa shape index (κ1) is 16.6. The third kappa shape index (κ3) is 3.30. The zero-order valence-electron chi connectivity index (χ0n) is 14.4. The van der Waals surface area contributed by atoms with Crippen molar-refractivity contribution in [3.05, 3.63) is 60.3 Å². The van der Waals surface area contributed by atoms with Crippen LogP contribution in [0.2, 0.25) is 0 Å². The number of pyridine rings is 1. The molecule has 0 atom stereocenters. The summed E-state index contributed by atoms with van der Waals surface area (Å²) in [5.41, 5.74) is 4.15. The molecule has 4 aromatic rings. The SMILES string of the molecule is CC(=O)Nc1ccc2c(c1)[nH]c1ncc(Nc3ccc(C(=O)O)cc3)cc12. The highest BCUT2D eigenvalue weighted by molar-refractivity contribution is 6.08. The zero-order valence-corrected chi connectivity index (χ0v) is 14.4. The minimum Gasteiger partial charge on any atom is -0.478 e. The van der Waals surface area contributed by atoms with Crippen molar-refractivity contribution in [2.75, 3.05) is 10.6 Å². The molecule has 0 bridgehead atoms. The van der Waals surface area contributed by atoms with Crippen molar-refractivity contribution in [1.29, 1.82) is 0 Å². The average Bonchev–Trinajstić information content (AvgIpc) is 2.98. The van der Waals surface area contributed by atoms with Crippen LogP contribution in [0.25, 0.3) is 21.9 Å². The van der Waals surface area contributed by atoms with E-state index in [0.29, 0.717) is 0 Å². The molecule has 0 aliphatic carbocycles. The van der Waals surface area contributed by atoms with Crippen molar-refractivity contribution in [3.63, 3.8) is 0 Å². The maximum atomic E-state index is 11.2. The lowest BCUT2D eigenvalue weighted by atomic mass is 10.1. The normalized spacial score (nSPS) is 10.9. The van der Waals surface area contributed by atoms with Crippen molar-refractivity contribution in [2.24, 2.45) is 0 Å². The number of carboxylic acids is 1. The number of carbonyl (C=O) groups is 2. The largest absolute Gasteiger partial charge is 0.478 e. The van der Waals surface area contributed by atoms with E-state index in [2.05, 4.69) is 20.6 Å². The van der Waals surface area contributed by atoms with Crippen LogP contribution >= 0.6 is 0 Å². The molecule has 4 rings (SSSR count). The number of fused-ring (bicyclic) bond motifs is 3. The smallest absolute Gasteiger partial charge is 0.335 e. The summed E-state index contributed by atoms with van der Waals surface area (Å²) in [7, 11) is 0. The van der Waals surface area contributed by atoms with Crippen LogP contribution in [-0.2, 0) is 4.79 Å². The van der Waals surface area contributed by atoms with Gasteiger partial charge < -0.3 is 20.7 Å². The first-order chi connectivity index (χ1) is 13.0. The first-order valence-corrected chi connectivity index (χ1v) is 8.29. The van der Waals surface area contributed by atoms with Crippen LogP contribution in [-0.4, -0.2) is 27.0 Å². The maximum absolute atomic E-state index is 11.2. The van der Waals surface area contributed by atoms with Gasteiger partial charge >= 0.3 is 5.97 Å². The van der Waals surface area contributed by atoms with Crippen LogP contribution in [0.3, 0.4) is 0 Å². The van der Waals surface area contributed by atoms with Gasteiger partial charge in [-0.05, 0) is 42.5 Å². The van der Waals surface area contributed by atoms with Gasteiger partial charge in [-0.2, -0.15) is 0 Å². The molecule has 0 radical (unpaired) electrons. The Labute approximate surface area is 154 Å². The summed E-state index contributed by atoms with van der Waals surface area (Å²) in [5, 5.41) is 16.9. The number of aromatic nitrogens is 2. The highest BCUT2D eigenvalue weighted by Gasteiger charge is 2.08. The maximum Gasteiger partial charge on any atom is 0.335 e. The molecule has 4 N–H and O–H groups in total. The lowest BCUT2D eigenvalue weighted by Gasteiger charge is -2.06. The first-order valence-electron chi connectivity index (χ1n) is 8.29. The second-order valence-electron chi connectivity index (χ2n) is 6.19. The number of nitrogens with zero attached hydrogens (tertiary/aromatic N) is 1. The van der Waals surface area contributed by atoms with Crippen LogP contribution in [0.4, 0.5) is 17.1 Å². The lowest BCUT2D eigenvalue weighted by molar-refractivity contribution is -0.114. The lowest BCUT2D eigenvalue weighted by Crippen LogP contribution is -2.05.